The number of hydrogen-bond acceptors (Lipinski definition) is 3. The van der Waals surface area contributed by atoms with Crippen LogP contribution in [0.15, 0.2) is 36.5 Å². The number of rotatable bonds is 3. The number of halogens is 3. The number of hydrogen-bond donors (Lipinski definition) is 2. The van der Waals surface area contributed by atoms with Crippen LogP contribution in [0, 0.1) is 6.92 Å². The quantitative estimate of drug-likeness (QED) is 0.847. The summed E-state index contributed by atoms with van der Waals surface area (Å²) in [4.78, 5) is 3.60. The Labute approximate surface area is 125 Å². The fourth-order valence-corrected chi connectivity index (χ4v) is 1.93. The van der Waals surface area contributed by atoms with Gasteiger partial charge in [0.15, 0.2) is 0 Å². The highest BCUT2D eigenvalue weighted by atomic mass is 32.1. The lowest BCUT2D eigenvalue weighted by Gasteiger charge is -2.12. The summed E-state index contributed by atoms with van der Waals surface area (Å²) >= 11 is 4.97. The van der Waals surface area contributed by atoms with Crippen LogP contribution in [-0.2, 0) is 6.18 Å². The number of benzene rings is 1. The Balaban J connectivity index is 2.28. The number of anilines is 2. The van der Waals surface area contributed by atoms with Crippen molar-refractivity contribution >= 4 is 28.6 Å². The van der Waals surface area contributed by atoms with Gasteiger partial charge in [0.2, 0.25) is 0 Å². The zero-order valence-electron chi connectivity index (χ0n) is 11.0. The number of pyridine rings is 1. The third-order valence-corrected chi connectivity index (χ3v) is 2.99. The molecule has 0 atom stereocenters. The lowest BCUT2D eigenvalue weighted by molar-refractivity contribution is -0.141. The zero-order valence-corrected chi connectivity index (χ0v) is 11.8. The average Bonchev–Trinajstić information content (AvgIpc) is 2.40. The number of thiocarbonyl (C=S) groups is 1. The van der Waals surface area contributed by atoms with Crippen LogP contribution < -0.4 is 11.1 Å². The second-order valence-electron chi connectivity index (χ2n) is 4.47. The fourth-order valence-electron chi connectivity index (χ4n) is 1.76. The molecule has 1 aromatic heterocycles. The van der Waals surface area contributed by atoms with Gasteiger partial charge in [0.1, 0.15) is 10.7 Å². The third-order valence-electron chi connectivity index (χ3n) is 2.77. The second kappa shape index (κ2) is 5.69. The van der Waals surface area contributed by atoms with Crippen LogP contribution in [0.2, 0.25) is 0 Å². The van der Waals surface area contributed by atoms with E-state index in [4.69, 9.17) is 18.0 Å². The summed E-state index contributed by atoms with van der Waals surface area (Å²) in [6.45, 7) is 1.89. The predicted octanol–water partition coefficient (Wildman–Crippen LogP) is 3.79. The first-order valence-electron chi connectivity index (χ1n) is 5.98. The molecule has 0 saturated carbocycles. The summed E-state index contributed by atoms with van der Waals surface area (Å²) in [6.07, 6.45) is -3.33. The SMILES string of the molecule is Cc1ccc(Nc2ccc(C(F)(F)F)nc2)c(C(N)=S)c1. The standard InChI is InChI=1S/C14H12F3N3S/c1-8-2-4-11(10(6-8)13(18)21)20-9-3-5-12(19-7-9)14(15,16)17/h2-7,20H,1H3,(H2,18,21). The van der Waals surface area contributed by atoms with Crippen LogP contribution in [0.25, 0.3) is 0 Å². The van der Waals surface area contributed by atoms with Crippen molar-refractivity contribution in [3.05, 3.63) is 53.3 Å². The highest BCUT2D eigenvalue weighted by molar-refractivity contribution is 7.80. The van der Waals surface area contributed by atoms with Gasteiger partial charge >= 0.3 is 6.18 Å². The average molecular weight is 311 g/mol. The Kier molecular flexibility index (Phi) is 4.13. The topological polar surface area (TPSA) is 50.9 Å². The van der Waals surface area contributed by atoms with E-state index in [0.29, 0.717) is 16.9 Å². The molecule has 0 aliphatic heterocycles. The summed E-state index contributed by atoms with van der Waals surface area (Å²) in [6, 6.07) is 7.64. The van der Waals surface area contributed by atoms with E-state index in [1.54, 1.807) is 6.07 Å². The molecule has 3 nitrogen and oxygen atoms in total. The van der Waals surface area contributed by atoms with Crippen molar-refractivity contribution in [2.75, 3.05) is 5.32 Å². The van der Waals surface area contributed by atoms with Crippen molar-refractivity contribution in [2.45, 2.75) is 13.1 Å². The lowest BCUT2D eigenvalue weighted by Crippen LogP contribution is -2.12. The molecule has 0 unspecified atom stereocenters. The predicted molar refractivity (Wildman–Crippen MR) is 79.6 cm³/mol. The molecule has 0 fully saturated rings. The van der Waals surface area contributed by atoms with Crippen molar-refractivity contribution in [2.24, 2.45) is 5.73 Å². The molecule has 7 heteroatoms. The van der Waals surface area contributed by atoms with Crippen molar-refractivity contribution < 1.29 is 13.2 Å². The molecule has 0 spiro atoms. The first kappa shape index (κ1) is 15.2. The number of aromatic nitrogens is 1. The van der Waals surface area contributed by atoms with Crippen LogP contribution in [0.3, 0.4) is 0 Å². The van der Waals surface area contributed by atoms with Gasteiger partial charge in [-0.25, -0.2) is 4.98 Å². The van der Waals surface area contributed by atoms with Crippen molar-refractivity contribution in [3.8, 4) is 0 Å². The second-order valence-corrected chi connectivity index (χ2v) is 4.91. The molecule has 0 bridgehead atoms. The van der Waals surface area contributed by atoms with E-state index in [1.807, 2.05) is 19.1 Å². The van der Waals surface area contributed by atoms with Gasteiger partial charge < -0.3 is 11.1 Å². The monoisotopic (exact) mass is 311 g/mol. The summed E-state index contributed by atoms with van der Waals surface area (Å²) < 4.78 is 37.3. The molecular formula is C14H12F3N3S. The van der Waals surface area contributed by atoms with Gasteiger partial charge in [0, 0.05) is 11.3 Å². The van der Waals surface area contributed by atoms with Crippen LogP contribution >= 0.6 is 12.2 Å². The summed E-state index contributed by atoms with van der Waals surface area (Å²) in [7, 11) is 0. The largest absolute Gasteiger partial charge is 0.433 e. The Hall–Kier alpha value is -2.15. The molecule has 0 aliphatic carbocycles. The first-order valence-corrected chi connectivity index (χ1v) is 6.39. The van der Waals surface area contributed by atoms with E-state index in [0.717, 1.165) is 17.8 Å². The normalized spacial score (nSPS) is 11.2. The highest BCUT2D eigenvalue weighted by Gasteiger charge is 2.32. The van der Waals surface area contributed by atoms with E-state index in [-0.39, 0.29) is 4.99 Å². The van der Waals surface area contributed by atoms with E-state index in [1.165, 1.54) is 6.07 Å². The highest BCUT2D eigenvalue weighted by Crippen LogP contribution is 2.29. The van der Waals surface area contributed by atoms with Crippen LogP contribution in [0.1, 0.15) is 16.8 Å². The smallest absolute Gasteiger partial charge is 0.389 e. The van der Waals surface area contributed by atoms with E-state index in [9.17, 15) is 13.2 Å². The molecular weight excluding hydrogens is 299 g/mol. The minimum atomic E-state index is -4.45. The number of nitrogens with two attached hydrogens (primary N) is 1. The van der Waals surface area contributed by atoms with Gasteiger partial charge in [0.25, 0.3) is 0 Å². The van der Waals surface area contributed by atoms with Gasteiger partial charge in [-0.2, -0.15) is 13.2 Å². The van der Waals surface area contributed by atoms with Crippen molar-refractivity contribution in [1.29, 1.82) is 0 Å². The Morgan fingerprint density at radius 3 is 2.48 bits per heavy atom. The summed E-state index contributed by atoms with van der Waals surface area (Å²) in [5, 5.41) is 2.96. The lowest BCUT2D eigenvalue weighted by atomic mass is 10.1. The Morgan fingerprint density at radius 1 is 1.24 bits per heavy atom. The van der Waals surface area contributed by atoms with Gasteiger partial charge in [-0.3, -0.25) is 0 Å². The first-order chi connectivity index (χ1) is 9.77. The van der Waals surface area contributed by atoms with Crippen LogP contribution in [0.4, 0.5) is 24.5 Å². The molecule has 21 heavy (non-hydrogen) atoms. The molecule has 0 radical (unpaired) electrons. The number of alkyl halides is 3. The number of nitrogens with zero attached hydrogens (tertiary/aromatic N) is 1. The van der Waals surface area contributed by atoms with Gasteiger partial charge in [0.05, 0.1) is 11.9 Å². The fraction of sp³-hybridized carbons (Fsp3) is 0.143. The Bertz CT molecular complexity index is 666. The van der Waals surface area contributed by atoms with Crippen molar-refractivity contribution in [1.82, 2.24) is 4.98 Å². The molecule has 1 aromatic carbocycles. The van der Waals surface area contributed by atoms with Gasteiger partial charge in [-0.15, -0.1) is 0 Å². The maximum absolute atomic E-state index is 12.4. The zero-order chi connectivity index (χ0) is 15.6. The van der Waals surface area contributed by atoms with E-state index >= 15 is 0 Å². The van der Waals surface area contributed by atoms with E-state index < -0.39 is 11.9 Å². The van der Waals surface area contributed by atoms with Gasteiger partial charge in [-0.05, 0) is 31.2 Å². The maximum atomic E-state index is 12.4. The maximum Gasteiger partial charge on any atom is 0.433 e. The molecule has 1 heterocycles. The minimum Gasteiger partial charge on any atom is -0.389 e. The summed E-state index contributed by atoms with van der Waals surface area (Å²) in [5.41, 5.74) is 7.36. The van der Waals surface area contributed by atoms with Crippen LogP contribution in [0.5, 0.6) is 0 Å². The minimum absolute atomic E-state index is 0.209. The van der Waals surface area contributed by atoms with Crippen molar-refractivity contribution in [3.63, 3.8) is 0 Å². The molecule has 0 aliphatic rings. The molecule has 0 saturated heterocycles. The third kappa shape index (κ3) is 3.69. The Morgan fingerprint density at radius 2 is 1.95 bits per heavy atom. The number of aryl methyl sites for hydroxylation is 1. The van der Waals surface area contributed by atoms with Crippen LogP contribution in [-0.4, -0.2) is 9.97 Å². The molecule has 110 valence electrons. The van der Waals surface area contributed by atoms with Gasteiger partial charge in [-0.1, -0.05) is 23.8 Å². The number of nitrogens with one attached hydrogen (secondary N) is 1. The summed E-state index contributed by atoms with van der Waals surface area (Å²) in [5.74, 6) is 0. The molecule has 3 N–H and O–H groups in total. The molecule has 0 amide bonds. The molecule has 2 rings (SSSR count). The molecule has 2 aromatic rings. The van der Waals surface area contributed by atoms with E-state index in [2.05, 4.69) is 10.3 Å².